The molecule has 0 saturated carbocycles. The molecule has 21 heavy (non-hydrogen) atoms. The van der Waals surface area contributed by atoms with Crippen LogP contribution in [0.3, 0.4) is 0 Å². The SMILES string of the molecule is FC(F)(F)c1cc(Br)ccc1NCc1ncc(Br)cc1Br. The van der Waals surface area contributed by atoms with Crippen LogP contribution in [-0.4, -0.2) is 4.98 Å². The molecule has 2 nitrogen and oxygen atoms in total. The lowest BCUT2D eigenvalue weighted by Gasteiger charge is -2.15. The number of anilines is 1. The van der Waals surface area contributed by atoms with Crippen LogP contribution in [0.2, 0.25) is 0 Å². The number of hydrogen-bond donors (Lipinski definition) is 1. The third kappa shape index (κ3) is 4.43. The molecule has 0 aliphatic carbocycles. The van der Waals surface area contributed by atoms with Gasteiger partial charge in [-0.25, -0.2) is 0 Å². The molecule has 0 atom stereocenters. The van der Waals surface area contributed by atoms with Gasteiger partial charge in [0.1, 0.15) is 0 Å². The van der Waals surface area contributed by atoms with Gasteiger partial charge < -0.3 is 5.32 Å². The first-order valence-electron chi connectivity index (χ1n) is 5.68. The molecule has 0 amide bonds. The van der Waals surface area contributed by atoms with Gasteiger partial charge in [0.15, 0.2) is 0 Å². The Balaban J connectivity index is 2.24. The van der Waals surface area contributed by atoms with Gasteiger partial charge in [-0.3, -0.25) is 4.98 Å². The van der Waals surface area contributed by atoms with Gasteiger partial charge in [0.05, 0.1) is 17.8 Å². The minimum absolute atomic E-state index is 0.0160. The molecule has 0 radical (unpaired) electrons. The van der Waals surface area contributed by atoms with Gasteiger partial charge in [0, 0.05) is 25.3 Å². The van der Waals surface area contributed by atoms with Crippen LogP contribution in [-0.2, 0) is 12.7 Å². The van der Waals surface area contributed by atoms with Crippen molar-refractivity contribution < 1.29 is 13.2 Å². The number of pyridine rings is 1. The van der Waals surface area contributed by atoms with Gasteiger partial charge in [-0.05, 0) is 56.1 Å². The maximum atomic E-state index is 13.0. The zero-order chi connectivity index (χ0) is 15.6. The summed E-state index contributed by atoms with van der Waals surface area (Å²) in [5.74, 6) is 0. The quantitative estimate of drug-likeness (QED) is 0.573. The fourth-order valence-corrected chi connectivity index (χ4v) is 3.15. The molecule has 1 heterocycles. The normalized spacial score (nSPS) is 11.5. The van der Waals surface area contributed by atoms with Crippen LogP contribution < -0.4 is 5.32 Å². The largest absolute Gasteiger partial charge is 0.418 e. The van der Waals surface area contributed by atoms with Crippen LogP contribution >= 0.6 is 47.8 Å². The predicted octanol–water partition coefficient (Wildman–Crippen LogP) is 6.00. The third-order valence-electron chi connectivity index (χ3n) is 2.62. The van der Waals surface area contributed by atoms with Crippen molar-refractivity contribution in [2.24, 2.45) is 0 Å². The highest BCUT2D eigenvalue weighted by molar-refractivity contribution is 9.11. The van der Waals surface area contributed by atoms with E-state index in [1.807, 2.05) is 0 Å². The Morgan fingerprint density at radius 3 is 2.38 bits per heavy atom. The Hall–Kier alpha value is -0.600. The van der Waals surface area contributed by atoms with E-state index in [0.29, 0.717) is 10.2 Å². The highest BCUT2D eigenvalue weighted by Crippen LogP contribution is 2.36. The fraction of sp³-hybridized carbons (Fsp3) is 0.154. The molecule has 1 aromatic carbocycles. The molecule has 0 fully saturated rings. The second-order valence-electron chi connectivity index (χ2n) is 4.12. The van der Waals surface area contributed by atoms with Crippen molar-refractivity contribution in [3.05, 3.63) is 55.1 Å². The second kappa shape index (κ2) is 6.66. The average molecular weight is 489 g/mol. The fourth-order valence-electron chi connectivity index (χ4n) is 1.66. The topological polar surface area (TPSA) is 24.9 Å². The molecule has 0 spiro atoms. The van der Waals surface area contributed by atoms with Crippen LogP contribution in [0.1, 0.15) is 11.3 Å². The van der Waals surface area contributed by atoms with Crippen molar-refractivity contribution in [1.29, 1.82) is 0 Å². The lowest BCUT2D eigenvalue weighted by Crippen LogP contribution is -2.11. The van der Waals surface area contributed by atoms with Crippen molar-refractivity contribution >= 4 is 53.5 Å². The molecule has 112 valence electrons. The Morgan fingerprint density at radius 2 is 1.76 bits per heavy atom. The number of alkyl halides is 3. The maximum absolute atomic E-state index is 13.0. The summed E-state index contributed by atoms with van der Waals surface area (Å²) in [5, 5.41) is 2.77. The van der Waals surface area contributed by atoms with E-state index in [1.165, 1.54) is 6.07 Å². The van der Waals surface area contributed by atoms with Crippen LogP contribution in [0.4, 0.5) is 18.9 Å². The molecule has 0 aliphatic rings. The number of benzene rings is 1. The van der Waals surface area contributed by atoms with Crippen molar-refractivity contribution in [1.82, 2.24) is 4.98 Å². The van der Waals surface area contributed by atoms with E-state index >= 15 is 0 Å². The Kier molecular flexibility index (Phi) is 5.32. The molecular weight excluding hydrogens is 481 g/mol. The lowest BCUT2D eigenvalue weighted by molar-refractivity contribution is -0.137. The maximum Gasteiger partial charge on any atom is 0.418 e. The van der Waals surface area contributed by atoms with Crippen LogP contribution in [0.25, 0.3) is 0 Å². The molecule has 8 heteroatoms. The molecule has 2 rings (SSSR count). The summed E-state index contributed by atoms with van der Waals surface area (Å²) in [6.07, 6.45) is -2.83. The summed E-state index contributed by atoms with van der Waals surface area (Å²) in [4.78, 5) is 4.16. The highest BCUT2D eigenvalue weighted by Gasteiger charge is 2.33. The molecule has 1 N–H and O–H groups in total. The summed E-state index contributed by atoms with van der Waals surface area (Å²) in [7, 11) is 0. The number of rotatable bonds is 3. The zero-order valence-electron chi connectivity index (χ0n) is 10.3. The summed E-state index contributed by atoms with van der Waals surface area (Å²) in [5.41, 5.74) is -0.0818. The van der Waals surface area contributed by atoms with E-state index in [2.05, 4.69) is 58.1 Å². The van der Waals surface area contributed by atoms with E-state index in [4.69, 9.17) is 0 Å². The highest BCUT2D eigenvalue weighted by atomic mass is 79.9. The number of hydrogen-bond acceptors (Lipinski definition) is 2. The second-order valence-corrected chi connectivity index (χ2v) is 6.81. The minimum atomic E-state index is -4.42. The standard InChI is InChI=1S/C13H8Br3F3N2/c14-7-1-2-11(9(3-7)13(17,18)19)21-6-12-10(16)4-8(15)5-20-12/h1-5,21H,6H2. The van der Waals surface area contributed by atoms with Gasteiger partial charge >= 0.3 is 6.18 Å². The predicted molar refractivity (Wildman–Crippen MR) is 86.1 cm³/mol. The Bertz CT molecular complexity index is 660. The van der Waals surface area contributed by atoms with Crippen molar-refractivity contribution in [3.8, 4) is 0 Å². The lowest BCUT2D eigenvalue weighted by atomic mass is 10.1. The van der Waals surface area contributed by atoms with Crippen molar-refractivity contribution in [3.63, 3.8) is 0 Å². The molecule has 2 aromatic rings. The van der Waals surface area contributed by atoms with Crippen molar-refractivity contribution in [2.75, 3.05) is 5.32 Å². The van der Waals surface area contributed by atoms with Crippen LogP contribution in [0, 0.1) is 0 Å². The average Bonchev–Trinajstić information content (AvgIpc) is 2.38. The number of nitrogens with one attached hydrogen (secondary N) is 1. The molecule has 0 bridgehead atoms. The third-order valence-corrected chi connectivity index (χ3v) is 4.23. The summed E-state index contributed by atoms with van der Waals surface area (Å²) in [6, 6.07) is 5.78. The number of aromatic nitrogens is 1. The van der Waals surface area contributed by atoms with E-state index in [-0.39, 0.29) is 12.2 Å². The molecular formula is C13H8Br3F3N2. The zero-order valence-corrected chi connectivity index (χ0v) is 15.1. The molecule has 0 saturated heterocycles. The smallest absolute Gasteiger partial charge is 0.379 e. The summed E-state index contributed by atoms with van der Waals surface area (Å²) >= 11 is 9.65. The number of halogens is 6. The van der Waals surface area contributed by atoms with Crippen LogP contribution in [0.15, 0.2) is 43.9 Å². The van der Waals surface area contributed by atoms with Gasteiger partial charge in [-0.15, -0.1) is 0 Å². The minimum Gasteiger partial charge on any atom is -0.379 e. The summed E-state index contributed by atoms with van der Waals surface area (Å²) < 4.78 is 40.9. The molecule has 0 aliphatic heterocycles. The van der Waals surface area contributed by atoms with E-state index in [1.54, 1.807) is 18.3 Å². The van der Waals surface area contributed by atoms with Gasteiger partial charge in [-0.1, -0.05) is 15.9 Å². The van der Waals surface area contributed by atoms with Crippen LogP contribution in [0.5, 0.6) is 0 Å². The van der Waals surface area contributed by atoms with Gasteiger partial charge in [-0.2, -0.15) is 13.2 Å². The first kappa shape index (κ1) is 16.8. The monoisotopic (exact) mass is 486 g/mol. The van der Waals surface area contributed by atoms with E-state index in [9.17, 15) is 13.2 Å². The first-order valence-corrected chi connectivity index (χ1v) is 8.06. The first-order chi connectivity index (χ1) is 9.77. The van der Waals surface area contributed by atoms with E-state index < -0.39 is 11.7 Å². The molecule has 0 unspecified atom stereocenters. The van der Waals surface area contributed by atoms with E-state index in [0.717, 1.165) is 15.0 Å². The molecule has 1 aromatic heterocycles. The Labute approximate surface area is 144 Å². The summed E-state index contributed by atoms with van der Waals surface area (Å²) in [6.45, 7) is 0.179. The number of nitrogens with zero attached hydrogens (tertiary/aromatic N) is 1. The van der Waals surface area contributed by atoms with Crippen molar-refractivity contribution in [2.45, 2.75) is 12.7 Å². The Morgan fingerprint density at radius 1 is 1.05 bits per heavy atom. The van der Waals surface area contributed by atoms with Gasteiger partial charge in [0.25, 0.3) is 0 Å². The van der Waals surface area contributed by atoms with Gasteiger partial charge in [0.2, 0.25) is 0 Å².